The molecule has 2 aromatic carbocycles. The van der Waals surface area contributed by atoms with E-state index >= 15 is 0 Å². The second-order valence-corrected chi connectivity index (χ2v) is 6.95. The molecule has 1 aliphatic heterocycles. The van der Waals surface area contributed by atoms with Gasteiger partial charge in [0, 0.05) is 40.0 Å². The summed E-state index contributed by atoms with van der Waals surface area (Å²) in [5.41, 5.74) is 4.83. The van der Waals surface area contributed by atoms with Crippen molar-refractivity contribution in [1.29, 1.82) is 0 Å². The number of halogens is 1. The number of aromatic amines is 1. The maximum atomic E-state index is 12.8. The average molecular weight is 367 g/mol. The van der Waals surface area contributed by atoms with Crippen molar-refractivity contribution in [2.75, 3.05) is 5.32 Å². The molecule has 5 nitrogen and oxygen atoms in total. The van der Waals surface area contributed by atoms with Crippen LogP contribution < -0.4 is 5.32 Å². The van der Waals surface area contributed by atoms with Crippen LogP contribution in [-0.4, -0.2) is 27.2 Å². The van der Waals surface area contributed by atoms with Crippen LogP contribution >= 0.6 is 11.6 Å². The van der Waals surface area contributed by atoms with Gasteiger partial charge in [-0.15, -0.1) is 0 Å². The van der Waals surface area contributed by atoms with Crippen LogP contribution in [-0.2, 0) is 13.0 Å². The molecule has 0 fully saturated rings. The van der Waals surface area contributed by atoms with E-state index in [0.29, 0.717) is 17.3 Å². The van der Waals surface area contributed by atoms with Crippen LogP contribution in [0.4, 0.5) is 10.5 Å². The van der Waals surface area contributed by atoms with E-state index in [4.69, 9.17) is 11.6 Å². The predicted molar refractivity (Wildman–Crippen MR) is 103 cm³/mol. The lowest BCUT2D eigenvalue weighted by atomic mass is 9.97. The number of nitrogens with zero attached hydrogens (tertiary/aromatic N) is 2. The number of carbonyl (C=O) groups excluding carboxylic acids is 1. The van der Waals surface area contributed by atoms with E-state index in [9.17, 15) is 4.79 Å². The molecule has 2 N–H and O–H groups in total. The molecule has 2 amide bonds. The maximum Gasteiger partial charge on any atom is 0.322 e. The summed E-state index contributed by atoms with van der Waals surface area (Å²) in [5, 5.41) is 11.2. The second kappa shape index (κ2) is 6.84. The van der Waals surface area contributed by atoms with Crippen molar-refractivity contribution in [3.05, 3.63) is 70.9 Å². The van der Waals surface area contributed by atoms with Crippen molar-refractivity contribution in [2.24, 2.45) is 0 Å². The summed E-state index contributed by atoms with van der Waals surface area (Å²) >= 11 is 6.01. The molecular formula is C20H19ClN4O. The van der Waals surface area contributed by atoms with Gasteiger partial charge in [-0.25, -0.2) is 4.79 Å². The van der Waals surface area contributed by atoms with Crippen LogP contribution in [0.2, 0.25) is 5.02 Å². The van der Waals surface area contributed by atoms with Gasteiger partial charge in [-0.2, -0.15) is 5.10 Å². The van der Waals surface area contributed by atoms with Crippen molar-refractivity contribution < 1.29 is 4.79 Å². The highest BCUT2D eigenvalue weighted by atomic mass is 35.5. The molecule has 1 aliphatic rings. The first kappa shape index (κ1) is 16.7. The van der Waals surface area contributed by atoms with E-state index in [1.54, 1.807) is 12.1 Å². The molecular weight excluding hydrogens is 348 g/mol. The highest BCUT2D eigenvalue weighted by Crippen LogP contribution is 2.30. The third-order valence-electron chi connectivity index (χ3n) is 4.70. The van der Waals surface area contributed by atoms with Crippen molar-refractivity contribution in [3.63, 3.8) is 0 Å². The molecule has 1 atom stereocenters. The van der Waals surface area contributed by atoms with E-state index in [2.05, 4.69) is 15.5 Å². The number of benzene rings is 2. The molecule has 4 rings (SSSR count). The van der Waals surface area contributed by atoms with Gasteiger partial charge in [0.25, 0.3) is 0 Å². The number of amides is 2. The minimum atomic E-state index is -0.134. The van der Waals surface area contributed by atoms with E-state index in [1.807, 2.05) is 54.3 Å². The monoisotopic (exact) mass is 366 g/mol. The summed E-state index contributed by atoms with van der Waals surface area (Å²) in [6.07, 6.45) is 0.748. The highest BCUT2D eigenvalue weighted by molar-refractivity contribution is 6.30. The largest absolute Gasteiger partial charge is 0.322 e. The zero-order valence-corrected chi connectivity index (χ0v) is 15.1. The second-order valence-electron chi connectivity index (χ2n) is 6.52. The number of rotatable bonds is 2. The predicted octanol–water partition coefficient (Wildman–Crippen LogP) is 4.71. The summed E-state index contributed by atoms with van der Waals surface area (Å²) in [7, 11) is 0. The van der Waals surface area contributed by atoms with E-state index < -0.39 is 0 Å². The topological polar surface area (TPSA) is 61.0 Å². The van der Waals surface area contributed by atoms with Gasteiger partial charge in [0.05, 0.1) is 12.2 Å². The molecule has 132 valence electrons. The van der Waals surface area contributed by atoms with Crippen LogP contribution in [0, 0.1) is 0 Å². The number of carbonyl (C=O) groups is 1. The van der Waals surface area contributed by atoms with Crippen molar-refractivity contribution in [2.45, 2.75) is 25.9 Å². The SMILES string of the molecule is C[C@@H]1Cc2[nH]nc(-c3ccccc3)c2CN1C(=O)Nc1cccc(Cl)c1. The number of anilines is 1. The zero-order valence-electron chi connectivity index (χ0n) is 14.4. The van der Waals surface area contributed by atoms with Crippen molar-refractivity contribution in [3.8, 4) is 11.3 Å². The molecule has 0 bridgehead atoms. The van der Waals surface area contributed by atoms with Crippen molar-refractivity contribution in [1.82, 2.24) is 15.1 Å². The molecule has 3 aromatic rings. The Kier molecular flexibility index (Phi) is 4.39. The molecule has 0 saturated heterocycles. The Hall–Kier alpha value is -2.79. The number of aromatic nitrogens is 2. The Labute approximate surface area is 157 Å². The molecule has 1 aromatic heterocycles. The fourth-order valence-electron chi connectivity index (χ4n) is 3.34. The molecule has 0 aliphatic carbocycles. The van der Waals surface area contributed by atoms with E-state index in [-0.39, 0.29) is 12.1 Å². The number of nitrogens with one attached hydrogen (secondary N) is 2. The molecule has 2 heterocycles. The number of urea groups is 1. The molecule has 6 heteroatoms. The third-order valence-corrected chi connectivity index (χ3v) is 4.93. The number of hydrogen-bond donors (Lipinski definition) is 2. The van der Waals surface area contributed by atoms with Gasteiger partial charge < -0.3 is 10.2 Å². The van der Waals surface area contributed by atoms with Gasteiger partial charge in [-0.05, 0) is 25.1 Å². The van der Waals surface area contributed by atoms with Crippen molar-refractivity contribution >= 4 is 23.3 Å². The van der Waals surface area contributed by atoms with Gasteiger partial charge in [-0.1, -0.05) is 48.0 Å². The number of fused-ring (bicyclic) bond motifs is 1. The number of hydrogen-bond acceptors (Lipinski definition) is 2. The van der Waals surface area contributed by atoms with Crippen LogP contribution in [0.3, 0.4) is 0 Å². The Morgan fingerprint density at radius 3 is 2.81 bits per heavy atom. The Morgan fingerprint density at radius 2 is 2.04 bits per heavy atom. The van der Waals surface area contributed by atoms with Crippen LogP contribution in [0.5, 0.6) is 0 Å². The summed E-state index contributed by atoms with van der Waals surface area (Å²) in [6, 6.07) is 17.1. The summed E-state index contributed by atoms with van der Waals surface area (Å²) < 4.78 is 0. The Morgan fingerprint density at radius 1 is 1.23 bits per heavy atom. The standard InChI is InChI=1S/C20H19ClN4O/c1-13-10-18-17(19(24-23-18)14-6-3-2-4-7-14)12-25(13)20(26)22-16-9-5-8-15(21)11-16/h2-9,11,13H,10,12H2,1H3,(H,22,26)(H,23,24)/t13-/m1/s1. The average Bonchev–Trinajstić information content (AvgIpc) is 3.04. The minimum Gasteiger partial charge on any atom is -0.317 e. The molecule has 26 heavy (non-hydrogen) atoms. The van der Waals surface area contributed by atoms with Crippen LogP contribution in [0.1, 0.15) is 18.2 Å². The van der Waals surface area contributed by atoms with Gasteiger partial charge in [0.1, 0.15) is 0 Å². The first-order valence-electron chi connectivity index (χ1n) is 8.56. The molecule has 0 radical (unpaired) electrons. The van der Waals surface area contributed by atoms with Gasteiger partial charge in [0.2, 0.25) is 0 Å². The van der Waals surface area contributed by atoms with Gasteiger partial charge in [0.15, 0.2) is 0 Å². The number of H-pyrrole nitrogens is 1. The fraction of sp³-hybridized carbons (Fsp3) is 0.200. The molecule has 0 saturated carbocycles. The Balaban J connectivity index is 1.59. The Bertz CT molecular complexity index is 938. The summed E-state index contributed by atoms with van der Waals surface area (Å²) in [6.45, 7) is 2.56. The smallest absolute Gasteiger partial charge is 0.317 e. The maximum absolute atomic E-state index is 12.8. The quantitative estimate of drug-likeness (QED) is 0.690. The molecule has 0 unspecified atom stereocenters. The fourth-order valence-corrected chi connectivity index (χ4v) is 3.53. The normalized spacial score (nSPS) is 16.2. The van der Waals surface area contributed by atoms with Crippen LogP contribution in [0.25, 0.3) is 11.3 Å². The first-order chi connectivity index (χ1) is 12.6. The minimum absolute atomic E-state index is 0.0748. The lowest BCUT2D eigenvalue weighted by molar-refractivity contribution is 0.182. The lowest BCUT2D eigenvalue weighted by Gasteiger charge is -2.33. The van der Waals surface area contributed by atoms with E-state index in [0.717, 1.165) is 28.9 Å². The summed E-state index contributed by atoms with van der Waals surface area (Å²) in [4.78, 5) is 14.6. The lowest BCUT2D eigenvalue weighted by Crippen LogP contribution is -2.44. The third kappa shape index (κ3) is 3.18. The van der Waals surface area contributed by atoms with Gasteiger partial charge >= 0.3 is 6.03 Å². The van der Waals surface area contributed by atoms with E-state index in [1.165, 1.54) is 0 Å². The summed E-state index contributed by atoms with van der Waals surface area (Å²) in [5.74, 6) is 0. The highest BCUT2D eigenvalue weighted by Gasteiger charge is 2.30. The zero-order chi connectivity index (χ0) is 18.1. The first-order valence-corrected chi connectivity index (χ1v) is 8.94. The van der Waals surface area contributed by atoms with Crippen LogP contribution in [0.15, 0.2) is 54.6 Å². The molecule has 0 spiro atoms. The van der Waals surface area contributed by atoms with Gasteiger partial charge in [-0.3, -0.25) is 5.10 Å².